The Labute approximate surface area is 163 Å². The Balaban J connectivity index is 1.73. The molecule has 4 unspecified atom stereocenters. The third-order valence-corrected chi connectivity index (χ3v) is 7.32. The van der Waals surface area contributed by atoms with E-state index in [1.165, 1.54) is 36.8 Å². The van der Waals surface area contributed by atoms with Crippen molar-refractivity contribution >= 4 is 0 Å². The average Bonchev–Trinajstić information content (AvgIpc) is 3.14. The second-order valence-corrected chi connectivity index (χ2v) is 8.59. The smallest absolute Gasteiger partial charge is 0.0496 e. The van der Waals surface area contributed by atoms with Crippen LogP contribution in [0.1, 0.15) is 24.0 Å². The molecule has 144 valence electrons. The average molecular weight is 365 g/mol. The fraction of sp³-hybridized carbons (Fsp3) is 0.520. The van der Waals surface area contributed by atoms with Crippen molar-refractivity contribution in [2.24, 2.45) is 29.1 Å². The summed E-state index contributed by atoms with van der Waals surface area (Å²) in [6.07, 6.45) is 4.99. The highest BCUT2D eigenvalue weighted by molar-refractivity contribution is 5.26. The molecular formula is C25H32O2. The van der Waals surface area contributed by atoms with Gasteiger partial charge in [-0.25, -0.2) is 0 Å². The van der Waals surface area contributed by atoms with E-state index in [1.807, 2.05) is 14.2 Å². The van der Waals surface area contributed by atoms with Gasteiger partial charge in [-0.15, -0.1) is 0 Å². The van der Waals surface area contributed by atoms with Crippen LogP contribution in [0.4, 0.5) is 0 Å². The van der Waals surface area contributed by atoms with Crippen LogP contribution in [0.15, 0.2) is 60.7 Å². The maximum absolute atomic E-state index is 5.69. The molecule has 2 bridgehead atoms. The molecule has 2 heteroatoms. The Morgan fingerprint density at radius 1 is 0.704 bits per heavy atom. The third kappa shape index (κ3) is 3.46. The van der Waals surface area contributed by atoms with Crippen molar-refractivity contribution in [2.75, 3.05) is 27.4 Å². The monoisotopic (exact) mass is 364 g/mol. The summed E-state index contributed by atoms with van der Waals surface area (Å²) in [5.74, 6) is 2.65. The predicted octanol–water partition coefficient (Wildman–Crippen LogP) is 5.02. The normalized spacial score (nSPS) is 28.5. The molecule has 0 radical (unpaired) electrons. The molecule has 0 heterocycles. The van der Waals surface area contributed by atoms with Gasteiger partial charge in [0.1, 0.15) is 0 Å². The molecule has 0 aromatic heterocycles. The number of hydrogen-bond donors (Lipinski definition) is 0. The van der Waals surface area contributed by atoms with Crippen LogP contribution in [-0.4, -0.2) is 27.4 Å². The fourth-order valence-electron chi connectivity index (χ4n) is 6.49. The minimum atomic E-state index is 0.315. The van der Waals surface area contributed by atoms with Gasteiger partial charge in [-0.1, -0.05) is 60.7 Å². The van der Waals surface area contributed by atoms with Crippen molar-refractivity contribution in [3.05, 3.63) is 71.8 Å². The summed E-state index contributed by atoms with van der Waals surface area (Å²) in [5, 5.41) is 0. The highest BCUT2D eigenvalue weighted by Gasteiger charge is 2.62. The molecule has 2 saturated carbocycles. The van der Waals surface area contributed by atoms with Crippen LogP contribution in [0.5, 0.6) is 0 Å². The van der Waals surface area contributed by atoms with Gasteiger partial charge < -0.3 is 9.47 Å². The van der Waals surface area contributed by atoms with E-state index in [9.17, 15) is 0 Å². The van der Waals surface area contributed by atoms with Crippen LogP contribution in [-0.2, 0) is 22.3 Å². The molecule has 2 fully saturated rings. The van der Waals surface area contributed by atoms with Crippen molar-refractivity contribution in [3.8, 4) is 0 Å². The number of methoxy groups -OCH3 is 2. The lowest BCUT2D eigenvalue weighted by Gasteiger charge is -2.36. The highest BCUT2D eigenvalue weighted by atomic mass is 16.5. The molecule has 0 saturated heterocycles. The lowest BCUT2D eigenvalue weighted by molar-refractivity contribution is 0.0404. The van der Waals surface area contributed by atoms with Crippen molar-refractivity contribution < 1.29 is 9.47 Å². The summed E-state index contributed by atoms with van der Waals surface area (Å²) >= 11 is 0. The molecular weight excluding hydrogens is 332 g/mol. The highest BCUT2D eigenvalue weighted by Crippen LogP contribution is 2.65. The lowest BCUT2D eigenvalue weighted by atomic mass is 9.68. The molecule has 2 aromatic carbocycles. The zero-order valence-electron chi connectivity index (χ0n) is 16.6. The van der Waals surface area contributed by atoms with Crippen molar-refractivity contribution in [1.29, 1.82) is 0 Å². The number of benzene rings is 2. The predicted molar refractivity (Wildman–Crippen MR) is 110 cm³/mol. The maximum atomic E-state index is 5.69. The van der Waals surface area contributed by atoms with Crippen molar-refractivity contribution in [2.45, 2.75) is 25.7 Å². The quantitative estimate of drug-likeness (QED) is 0.654. The Morgan fingerprint density at radius 2 is 1.11 bits per heavy atom. The van der Waals surface area contributed by atoms with E-state index in [0.29, 0.717) is 29.1 Å². The lowest BCUT2D eigenvalue weighted by Crippen LogP contribution is -2.34. The summed E-state index contributed by atoms with van der Waals surface area (Å²) < 4.78 is 11.4. The molecule has 4 atom stereocenters. The molecule has 0 amide bonds. The van der Waals surface area contributed by atoms with E-state index < -0.39 is 0 Å². The first-order valence-electron chi connectivity index (χ1n) is 10.3. The Kier molecular flexibility index (Phi) is 5.66. The van der Waals surface area contributed by atoms with Crippen molar-refractivity contribution in [1.82, 2.24) is 0 Å². The molecule has 2 aromatic rings. The first kappa shape index (κ1) is 18.7. The Bertz CT molecular complexity index is 648. The van der Waals surface area contributed by atoms with Crippen LogP contribution < -0.4 is 0 Å². The minimum absolute atomic E-state index is 0.315. The summed E-state index contributed by atoms with van der Waals surface area (Å²) in [6, 6.07) is 22.2. The zero-order valence-corrected chi connectivity index (χ0v) is 16.6. The van der Waals surface area contributed by atoms with E-state index in [0.717, 1.165) is 13.2 Å². The van der Waals surface area contributed by atoms with Crippen LogP contribution in [0.25, 0.3) is 0 Å². The standard InChI is InChI=1S/C25H32O2/c1-26-17-21-22(18-27-2)24-14-13-23(21)25(24,15-19-9-5-3-6-10-19)16-20-11-7-4-8-12-20/h3-12,21-24H,13-18H2,1-2H3. The Hall–Kier alpha value is -1.64. The second kappa shape index (κ2) is 8.16. The number of fused-ring (bicyclic) bond motifs is 2. The molecule has 2 aliphatic rings. The molecule has 0 spiro atoms. The number of rotatable bonds is 8. The summed E-state index contributed by atoms with van der Waals surface area (Å²) in [7, 11) is 3.71. The van der Waals surface area contributed by atoms with E-state index >= 15 is 0 Å². The molecule has 0 aliphatic heterocycles. The SMILES string of the molecule is COCC1C(COC)C2CCC1C2(Cc1ccccc1)Cc1ccccc1. The minimum Gasteiger partial charge on any atom is -0.384 e. The third-order valence-electron chi connectivity index (χ3n) is 7.32. The molecule has 4 rings (SSSR count). The van der Waals surface area contributed by atoms with Gasteiger partial charge in [0.25, 0.3) is 0 Å². The summed E-state index contributed by atoms with van der Waals surface area (Å²) in [5.41, 5.74) is 3.26. The molecule has 0 N–H and O–H groups in total. The van der Waals surface area contributed by atoms with Crippen molar-refractivity contribution in [3.63, 3.8) is 0 Å². The van der Waals surface area contributed by atoms with Gasteiger partial charge in [0.05, 0.1) is 0 Å². The first-order valence-corrected chi connectivity index (χ1v) is 10.3. The number of ether oxygens (including phenoxy) is 2. The van der Waals surface area contributed by atoms with E-state index in [4.69, 9.17) is 9.47 Å². The zero-order chi connectivity index (χ0) is 18.7. The van der Waals surface area contributed by atoms with Gasteiger partial charge in [0.2, 0.25) is 0 Å². The fourth-order valence-corrected chi connectivity index (χ4v) is 6.49. The van der Waals surface area contributed by atoms with E-state index in [-0.39, 0.29) is 0 Å². The largest absolute Gasteiger partial charge is 0.384 e. The second-order valence-electron chi connectivity index (χ2n) is 8.59. The topological polar surface area (TPSA) is 18.5 Å². The van der Waals surface area contributed by atoms with Gasteiger partial charge >= 0.3 is 0 Å². The van der Waals surface area contributed by atoms with E-state index in [2.05, 4.69) is 60.7 Å². The van der Waals surface area contributed by atoms with Crippen LogP contribution in [0.3, 0.4) is 0 Å². The molecule has 2 nitrogen and oxygen atoms in total. The van der Waals surface area contributed by atoms with Gasteiger partial charge in [0, 0.05) is 27.4 Å². The molecule has 2 aliphatic carbocycles. The van der Waals surface area contributed by atoms with Gasteiger partial charge in [-0.3, -0.25) is 0 Å². The van der Waals surface area contributed by atoms with E-state index in [1.54, 1.807) is 0 Å². The molecule has 27 heavy (non-hydrogen) atoms. The Morgan fingerprint density at radius 3 is 1.48 bits per heavy atom. The summed E-state index contributed by atoms with van der Waals surface area (Å²) in [4.78, 5) is 0. The van der Waals surface area contributed by atoms with Crippen LogP contribution >= 0.6 is 0 Å². The van der Waals surface area contributed by atoms with Gasteiger partial charge in [-0.2, -0.15) is 0 Å². The summed E-state index contributed by atoms with van der Waals surface area (Å²) in [6.45, 7) is 1.72. The first-order chi connectivity index (χ1) is 13.3. The number of hydrogen-bond acceptors (Lipinski definition) is 2. The van der Waals surface area contributed by atoms with Crippen LogP contribution in [0, 0.1) is 29.1 Å². The van der Waals surface area contributed by atoms with Crippen LogP contribution in [0.2, 0.25) is 0 Å². The van der Waals surface area contributed by atoms with Gasteiger partial charge in [-0.05, 0) is 65.9 Å². The van der Waals surface area contributed by atoms with Gasteiger partial charge in [0.15, 0.2) is 0 Å². The maximum Gasteiger partial charge on any atom is 0.0496 e.